The molecule has 9 heteroatoms. The van der Waals surface area contributed by atoms with Crippen LogP contribution < -0.4 is 10.6 Å². The minimum Gasteiger partial charge on any atom is -0.325 e. The molecule has 0 bridgehead atoms. The van der Waals surface area contributed by atoms with E-state index in [9.17, 15) is 9.59 Å². The van der Waals surface area contributed by atoms with Crippen molar-refractivity contribution in [2.24, 2.45) is 10.2 Å². The molecular formula is C18H14BrClN4O2S. The molecule has 0 spiro atoms. The second kappa shape index (κ2) is 9.16. The molecule has 2 N–H and O–H groups in total. The fourth-order valence-corrected chi connectivity index (χ4v) is 3.52. The summed E-state index contributed by atoms with van der Waals surface area (Å²) >= 11 is 10.3. The van der Waals surface area contributed by atoms with Crippen molar-refractivity contribution in [2.45, 2.75) is 11.7 Å². The highest BCUT2D eigenvalue weighted by atomic mass is 79.9. The molecule has 6 nitrogen and oxygen atoms in total. The number of rotatable bonds is 4. The van der Waals surface area contributed by atoms with Crippen LogP contribution in [0.2, 0.25) is 5.02 Å². The lowest BCUT2D eigenvalue weighted by molar-refractivity contribution is -0.123. The molecule has 2 amide bonds. The molecule has 0 saturated carbocycles. The molecule has 1 atom stereocenters. The second-order valence-electron chi connectivity index (χ2n) is 5.56. The van der Waals surface area contributed by atoms with E-state index < -0.39 is 5.25 Å². The Morgan fingerprint density at radius 1 is 1.22 bits per heavy atom. The van der Waals surface area contributed by atoms with Gasteiger partial charge in [-0.25, -0.2) is 0 Å². The fraction of sp³-hybridized carbons (Fsp3) is 0.111. The van der Waals surface area contributed by atoms with Gasteiger partial charge < -0.3 is 10.6 Å². The van der Waals surface area contributed by atoms with Crippen molar-refractivity contribution >= 4 is 68.2 Å². The molecule has 0 aromatic heterocycles. The molecule has 2 aromatic rings. The molecule has 0 unspecified atom stereocenters. The number of hydrogen-bond donors (Lipinski definition) is 2. The maximum Gasteiger partial charge on any atom is 0.238 e. The smallest absolute Gasteiger partial charge is 0.238 e. The number of anilines is 1. The van der Waals surface area contributed by atoms with Crippen LogP contribution in [-0.4, -0.2) is 28.4 Å². The number of nitrogens with one attached hydrogen (secondary N) is 2. The predicted molar refractivity (Wildman–Crippen MR) is 113 cm³/mol. The van der Waals surface area contributed by atoms with Crippen molar-refractivity contribution in [1.29, 1.82) is 0 Å². The summed E-state index contributed by atoms with van der Waals surface area (Å²) in [5.41, 5.74) is 1.48. The van der Waals surface area contributed by atoms with Gasteiger partial charge in [0.05, 0.1) is 6.21 Å². The van der Waals surface area contributed by atoms with Gasteiger partial charge in [0.25, 0.3) is 0 Å². The second-order valence-corrected chi connectivity index (χ2v) is 8.10. The van der Waals surface area contributed by atoms with E-state index >= 15 is 0 Å². The zero-order chi connectivity index (χ0) is 19.2. The van der Waals surface area contributed by atoms with Gasteiger partial charge in [-0.05, 0) is 42.0 Å². The van der Waals surface area contributed by atoms with E-state index in [0.29, 0.717) is 10.7 Å². The number of carbonyl (C=O) groups is 2. The Morgan fingerprint density at radius 2 is 1.93 bits per heavy atom. The van der Waals surface area contributed by atoms with E-state index in [0.717, 1.165) is 10.0 Å². The van der Waals surface area contributed by atoms with Gasteiger partial charge in [-0.3, -0.25) is 9.59 Å². The number of benzene rings is 2. The molecule has 138 valence electrons. The molecular weight excluding hydrogens is 452 g/mol. The lowest BCUT2D eigenvalue weighted by Crippen LogP contribution is -2.41. The number of halogens is 2. The average molecular weight is 466 g/mol. The molecule has 0 radical (unpaired) electrons. The maximum absolute atomic E-state index is 12.4. The Balaban J connectivity index is 1.64. The number of carbonyl (C=O) groups excluding carboxylic acids is 2. The maximum atomic E-state index is 12.4. The number of thioether (sulfide) groups is 1. The van der Waals surface area contributed by atoms with Gasteiger partial charge in [0, 0.05) is 21.6 Å². The van der Waals surface area contributed by atoms with Crippen LogP contribution >= 0.6 is 39.3 Å². The summed E-state index contributed by atoms with van der Waals surface area (Å²) in [6.45, 7) is 0. The monoisotopic (exact) mass is 464 g/mol. The standard InChI is InChI=1S/C18H14BrClN4O2S/c19-12-3-7-14(8-4-12)22-17(26)15-9-16(25)23-18(27-15)24-21-10-11-1-5-13(20)6-2-11/h1-8,10,15H,9H2,(H,22,26)(H,23,24,25)/t15-/m1/s1. The summed E-state index contributed by atoms with van der Waals surface area (Å²) in [5.74, 6) is -0.531. The molecule has 0 aliphatic carbocycles. The topological polar surface area (TPSA) is 82.9 Å². The molecule has 2 aromatic carbocycles. The molecule has 1 fully saturated rings. The highest BCUT2D eigenvalue weighted by Crippen LogP contribution is 2.23. The van der Waals surface area contributed by atoms with Crippen LogP contribution in [0.15, 0.2) is 63.2 Å². The van der Waals surface area contributed by atoms with E-state index in [1.165, 1.54) is 11.8 Å². The quantitative estimate of drug-likeness (QED) is 0.528. The first kappa shape index (κ1) is 19.6. The minimum absolute atomic E-state index is 0.0763. The van der Waals surface area contributed by atoms with Crippen LogP contribution in [0.1, 0.15) is 12.0 Å². The summed E-state index contributed by atoms with van der Waals surface area (Å²) < 4.78 is 0.917. The number of hydrogen-bond acceptors (Lipinski definition) is 5. The van der Waals surface area contributed by atoms with Crippen LogP contribution in [0.25, 0.3) is 0 Å². The average Bonchev–Trinajstić information content (AvgIpc) is 2.65. The summed E-state index contributed by atoms with van der Waals surface area (Å²) in [6.07, 6.45) is 1.62. The third-order valence-corrected chi connectivity index (χ3v) is 5.35. The highest BCUT2D eigenvalue weighted by molar-refractivity contribution is 9.10. The zero-order valence-corrected chi connectivity index (χ0v) is 17.0. The van der Waals surface area contributed by atoms with Crippen molar-refractivity contribution in [3.05, 3.63) is 63.6 Å². The van der Waals surface area contributed by atoms with Crippen LogP contribution in [0.4, 0.5) is 5.69 Å². The lowest BCUT2D eigenvalue weighted by atomic mass is 10.2. The van der Waals surface area contributed by atoms with E-state index in [2.05, 4.69) is 36.8 Å². The summed E-state index contributed by atoms with van der Waals surface area (Å²) in [5, 5.41) is 13.7. The minimum atomic E-state index is -0.577. The van der Waals surface area contributed by atoms with Crippen LogP contribution in [-0.2, 0) is 9.59 Å². The predicted octanol–water partition coefficient (Wildman–Crippen LogP) is 4.05. The van der Waals surface area contributed by atoms with Gasteiger partial charge >= 0.3 is 0 Å². The van der Waals surface area contributed by atoms with Gasteiger partial charge in [0.1, 0.15) is 5.25 Å². The van der Waals surface area contributed by atoms with Gasteiger partial charge in [0.15, 0.2) is 5.17 Å². The Hall–Kier alpha value is -2.16. The lowest BCUT2D eigenvalue weighted by Gasteiger charge is -2.21. The Bertz CT molecular complexity index is 901. The van der Waals surface area contributed by atoms with Crippen molar-refractivity contribution in [3.63, 3.8) is 0 Å². The Morgan fingerprint density at radius 3 is 2.63 bits per heavy atom. The van der Waals surface area contributed by atoms with Crippen LogP contribution in [0, 0.1) is 0 Å². The Kier molecular flexibility index (Phi) is 6.65. The number of nitrogens with zero attached hydrogens (tertiary/aromatic N) is 2. The third kappa shape index (κ3) is 5.92. The molecule has 1 heterocycles. The van der Waals surface area contributed by atoms with Crippen molar-refractivity contribution in [3.8, 4) is 0 Å². The first-order valence-corrected chi connectivity index (χ1v) is 9.94. The summed E-state index contributed by atoms with van der Waals surface area (Å²) in [6, 6.07) is 14.3. The molecule has 3 rings (SSSR count). The van der Waals surface area contributed by atoms with Crippen LogP contribution in [0.5, 0.6) is 0 Å². The third-order valence-electron chi connectivity index (χ3n) is 3.50. The highest BCUT2D eigenvalue weighted by Gasteiger charge is 2.30. The first-order chi connectivity index (χ1) is 13.0. The summed E-state index contributed by atoms with van der Waals surface area (Å²) in [4.78, 5) is 24.3. The van der Waals surface area contributed by atoms with Crippen molar-refractivity contribution < 1.29 is 9.59 Å². The van der Waals surface area contributed by atoms with E-state index in [4.69, 9.17) is 11.6 Å². The fourth-order valence-electron chi connectivity index (χ4n) is 2.19. The molecule has 1 saturated heterocycles. The SMILES string of the molecule is O=C1C[C@H](C(=O)Nc2ccc(Br)cc2)SC(=NN=Cc2ccc(Cl)cc2)N1. The molecule has 1 aliphatic rings. The van der Waals surface area contributed by atoms with Gasteiger partial charge in [-0.2, -0.15) is 5.10 Å². The molecule has 27 heavy (non-hydrogen) atoms. The molecule has 1 aliphatic heterocycles. The van der Waals surface area contributed by atoms with E-state index in [1.54, 1.807) is 42.6 Å². The van der Waals surface area contributed by atoms with Crippen molar-refractivity contribution in [1.82, 2.24) is 5.32 Å². The van der Waals surface area contributed by atoms with E-state index in [-0.39, 0.29) is 23.4 Å². The van der Waals surface area contributed by atoms with Gasteiger partial charge in [-0.15, -0.1) is 5.10 Å². The normalized spacial score (nSPS) is 18.5. The number of amides is 2. The number of amidine groups is 1. The summed E-state index contributed by atoms with van der Waals surface area (Å²) in [7, 11) is 0. The van der Waals surface area contributed by atoms with Gasteiger partial charge in [-0.1, -0.05) is 51.4 Å². The van der Waals surface area contributed by atoms with Crippen molar-refractivity contribution in [2.75, 3.05) is 5.32 Å². The Labute approximate surface area is 173 Å². The zero-order valence-electron chi connectivity index (χ0n) is 13.9. The largest absolute Gasteiger partial charge is 0.325 e. The van der Waals surface area contributed by atoms with E-state index in [1.807, 2.05) is 12.1 Å². The first-order valence-electron chi connectivity index (χ1n) is 7.89. The van der Waals surface area contributed by atoms with Gasteiger partial charge in [0.2, 0.25) is 11.8 Å². The van der Waals surface area contributed by atoms with Crippen LogP contribution in [0.3, 0.4) is 0 Å².